The molecule has 4 fully saturated rings. The summed E-state index contributed by atoms with van der Waals surface area (Å²) in [7, 11) is 0. The molecule has 0 radical (unpaired) electrons. The van der Waals surface area contributed by atoms with Gasteiger partial charge in [-0.25, -0.2) is 9.97 Å². The first-order valence-electron chi connectivity index (χ1n) is 8.45. The van der Waals surface area contributed by atoms with Crippen LogP contribution in [0.1, 0.15) is 47.6 Å². The van der Waals surface area contributed by atoms with Gasteiger partial charge in [0.2, 0.25) is 0 Å². The molecule has 1 aromatic heterocycles. The van der Waals surface area contributed by atoms with E-state index < -0.39 is 0 Å². The van der Waals surface area contributed by atoms with Crippen molar-refractivity contribution < 1.29 is 0 Å². The van der Waals surface area contributed by atoms with Crippen molar-refractivity contribution >= 4 is 0 Å². The van der Waals surface area contributed by atoms with E-state index in [0.29, 0.717) is 6.04 Å². The normalized spacial score (nSPS) is 34.8. The van der Waals surface area contributed by atoms with Crippen LogP contribution in [-0.2, 0) is 13.0 Å². The molecule has 0 aromatic carbocycles. The maximum absolute atomic E-state index is 5.07. The van der Waals surface area contributed by atoms with Crippen molar-refractivity contribution in [3.63, 3.8) is 0 Å². The van der Waals surface area contributed by atoms with Crippen molar-refractivity contribution in [2.45, 2.75) is 37.8 Å². The highest BCUT2D eigenvalue weighted by molar-refractivity contribution is 5.33. The average Bonchev–Trinajstić information content (AvgIpc) is 3.40. The van der Waals surface area contributed by atoms with Gasteiger partial charge in [0.15, 0.2) is 0 Å². The van der Waals surface area contributed by atoms with Gasteiger partial charge in [-0.1, -0.05) is 0 Å². The summed E-state index contributed by atoms with van der Waals surface area (Å²) in [5.41, 5.74) is 4.13. The quantitative estimate of drug-likeness (QED) is 0.865. The highest BCUT2D eigenvalue weighted by Crippen LogP contribution is 2.42. The second-order valence-corrected chi connectivity index (χ2v) is 6.95. The predicted molar refractivity (Wildman–Crippen MR) is 80.2 cm³/mol. The summed E-state index contributed by atoms with van der Waals surface area (Å²) < 4.78 is 0. The molecule has 5 aliphatic rings. The van der Waals surface area contributed by atoms with Crippen LogP contribution in [-0.4, -0.2) is 59.0 Å². The van der Waals surface area contributed by atoms with Crippen LogP contribution in [0.25, 0.3) is 0 Å². The molecule has 5 heterocycles. The number of hydrogen-bond donors (Lipinski definition) is 1. The smallest absolute Gasteiger partial charge is 0.147 e. The maximum Gasteiger partial charge on any atom is 0.147 e. The Kier molecular flexibility index (Phi) is 2.81. The fourth-order valence-electron chi connectivity index (χ4n) is 4.10. The lowest BCUT2D eigenvalue weighted by Gasteiger charge is -2.46. The molecule has 1 unspecified atom stereocenters. The van der Waals surface area contributed by atoms with Crippen LogP contribution in [0.5, 0.6) is 0 Å². The third-order valence-corrected chi connectivity index (χ3v) is 5.52. The van der Waals surface area contributed by atoms with Crippen molar-refractivity contribution in [3.8, 4) is 0 Å². The number of nitrogens with zero attached hydrogens (tertiary/aromatic N) is 4. The second kappa shape index (κ2) is 4.73. The number of hydrogen-bond acceptors (Lipinski definition) is 5. The molecule has 1 aromatic rings. The lowest BCUT2D eigenvalue weighted by atomic mass is 10.0. The number of rotatable bonds is 2. The monoisotopic (exact) mass is 285 g/mol. The fourth-order valence-corrected chi connectivity index (χ4v) is 4.10. The van der Waals surface area contributed by atoms with E-state index in [9.17, 15) is 0 Å². The molecule has 0 spiro atoms. The molecule has 4 aliphatic heterocycles. The molecular weight excluding hydrogens is 262 g/mol. The van der Waals surface area contributed by atoms with Gasteiger partial charge in [0.05, 0.1) is 17.4 Å². The Labute approximate surface area is 125 Å². The first-order valence-corrected chi connectivity index (χ1v) is 8.45. The van der Waals surface area contributed by atoms with E-state index >= 15 is 0 Å². The molecule has 1 aliphatic carbocycles. The zero-order chi connectivity index (χ0) is 13.8. The molecule has 112 valence electrons. The number of aromatic nitrogens is 2. The molecule has 1 saturated carbocycles. The molecule has 5 nitrogen and oxygen atoms in total. The highest BCUT2D eigenvalue weighted by atomic mass is 15.4. The minimum atomic E-state index is 0.435. The largest absolute Gasteiger partial charge is 0.312 e. The van der Waals surface area contributed by atoms with E-state index in [4.69, 9.17) is 9.97 Å². The first kappa shape index (κ1) is 12.5. The first-order chi connectivity index (χ1) is 10.4. The van der Waals surface area contributed by atoms with Crippen LogP contribution in [0.15, 0.2) is 0 Å². The van der Waals surface area contributed by atoms with Crippen LogP contribution >= 0.6 is 0 Å². The van der Waals surface area contributed by atoms with Crippen LogP contribution in [0.4, 0.5) is 0 Å². The van der Waals surface area contributed by atoms with Crippen molar-refractivity contribution in [1.29, 1.82) is 0 Å². The molecule has 1 N–H and O–H groups in total. The Hall–Kier alpha value is -1.04. The third kappa shape index (κ3) is 2.10. The van der Waals surface area contributed by atoms with E-state index in [-0.39, 0.29) is 0 Å². The molecule has 5 heteroatoms. The van der Waals surface area contributed by atoms with Gasteiger partial charge in [0.1, 0.15) is 5.82 Å². The highest BCUT2D eigenvalue weighted by Gasteiger charge is 2.37. The Balaban J connectivity index is 1.55. The number of fused-ring (bicyclic) bond motifs is 4. The SMILES string of the molecule is C1Cc2nc(C3CN4CCN3CC4)nc(C3CC3)c2CN1. The van der Waals surface area contributed by atoms with Crippen molar-refractivity contribution in [2.75, 3.05) is 39.3 Å². The minimum absolute atomic E-state index is 0.435. The van der Waals surface area contributed by atoms with Crippen LogP contribution in [0.2, 0.25) is 0 Å². The third-order valence-electron chi connectivity index (χ3n) is 5.52. The van der Waals surface area contributed by atoms with Crippen LogP contribution in [0, 0.1) is 0 Å². The maximum atomic E-state index is 5.07. The predicted octanol–water partition coefficient (Wildman–Crippen LogP) is 0.672. The van der Waals surface area contributed by atoms with Crippen molar-refractivity contribution in [1.82, 2.24) is 25.1 Å². The molecule has 2 bridgehead atoms. The number of nitrogens with one attached hydrogen (secondary N) is 1. The van der Waals surface area contributed by atoms with Gasteiger partial charge in [-0.05, 0) is 12.8 Å². The van der Waals surface area contributed by atoms with Gasteiger partial charge in [0, 0.05) is 63.7 Å². The lowest BCUT2D eigenvalue weighted by Crippen LogP contribution is -2.57. The molecule has 1 atom stereocenters. The summed E-state index contributed by atoms with van der Waals surface area (Å²) in [6, 6.07) is 0.435. The Bertz CT molecular complexity index is 560. The summed E-state index contributed by atoms with van der Waals surface area (Å²) >= 11 is 0. The number of piperazine rings is 3. The van der Waals surface area contributed by atoms with Crippen LogP contribution < -0.4 is 5.32 Å². The fraction of sp³-hybridized carbons (Fsp3) is 0.750. The molecule has 3 saturated heterocycles. The van der Waals surface area contributed by atoms with E-state index in [1.807, 2.05) is 0 Å². The zero-order valence-corrected chi connectivity index (χ0v) is 12.5. The molecule has 0 amide bonds. The van der Waals surface area contributed by atoms with Gasteiger partial charge >= 0.3 is 0 Å². The van der Waals surface area contributed by atoms with E-state index in [2.05, 4.69) is 15.1 Å². The molecule has 6 rings (SSSR count). The van der Waals surface area contributed by atoms with Gasteiger partial charge in [-0.15, -0.1) is 0 Å². The van der Waals surface area contributed by atoms with Gasteiger partial charge in [-0.2, -0.15) is 0 Å². The molecular formula is C16H23N5. The van der Waals surface area contributed by atoms with Gasteiger partial charge in [-0.3, -0.25) is 9.80 Å². The average molecular weight is 285 g/mol. The zero-order valence-electron chi connectivity index (χ0n) is 12.5. The van der Waals surface area contributed by atoms with Crippen molar-refractivity contribution in [2.24, 2.45) is 0 Å². The van der Waals surface area contributed by atoms with Gasteiger partial charge in [0.25, 0.3) is 0 Å². The Morgan fingerprint density at radius 1 is 1.05 bits per heavy atom. The topological polar surface area (TPSA) is 44.3 Å². The summed E-state index contributed by atoms with van der Waals surface area (Å²) in [5.74, 6) is 1.83. The Morgan fingerprint density at radius 2 is 1.90 bits per heavy atom. The second-order valence-electron chi connectivity index (χ2n) is 6.95. The summed E-state index contributed by atoms with van der Waals surface area (Å²) in [6.07, 6.45) is 3.72. The van der Waals surface area contributed by atoms with Gasteiger partial charge < -0.3 is 5.32 Å². The van der Waals surface area contributed by atoms with E-state index in [1.165, 1.54) is 56.0 Å². The van der Waals surface area contributed by atoms with E-state index in [0.717, 1.165) is 37.8 Å². The summed E-state index contributed by atoms with van der Waals surface area (Å²) in [6.45, 7) is 7.98. The lowest BCUT2D eigenvalue weighted by molar-refractivity contribution is 0.00843. The summed E-state index contributed by atoms with van der Waals surface area (Å²) in [4.78, 5) is 15.3. The van der Waals surface area contributed by atoms with Crippen LogP contribution in [0.3, 0.4) is 0 Å². The van der Waals surface area contributed by atoms with E-state index in [1.54, 1.807) is 0 Å². The summed E-state index contributed by atoms with van der Waals surface area (Å²) in [5, 5.41) is 3.49. The minimum Gasteiger partial charge on any atom is -0.312 e. The standard InChI is InChI=1S/C16H23N5/c1-2-11(1)15-12-9-17-4-3-13(12)18-16(19-15)14-10-20-5-7-21(14)8-6-20/h11,14,17H,1-10H2. The Morgan fingerprint density at radius 3 is 2.62 bits per heavy atom. The van der Waals surface area contributed by atoms with Crippen molar-refractivity contribution in [3.05, 3.63) is 22.8 Å². The molecule has 21 heavy (non-hydrogen) atoms.